The molecule has 2 atom stereocenters. The summed E-state index contributed by atoms with van der Waals surface area (Å²) < 4.78 is 6.83. The molecule has 2 amide bonds. The molecule has 114 valence electrons. The second-order valence-electron chi connectivity index (χ2n) is 4.59. The Morgan fingerprint density at radius 2 is 1.95 bits per heavy atom. The second-order valence-corrected chi connectivity index (χ2v) is 6.30. The van der Waals surface area contributed by atoms with Gasteiger partial charge in [0.25, 0.3) is 0 Å². The van der Waals surface area contributed by atoms with Gasteiger partial charge in [0.05, 0.1) is 11.8 Å². The third-order valence-corrected chi connectivity index (χ3v) is 4.40. The number of carbonyl (C=O) groups is 2. The number of anilines is 1. The van der Waals surface area contributed by atoms with Crippen LogP contribution in [-0.4, -0.2) is 35.9 Å². The van der Waals surface area contributed by atoms with Crippen molar-refractivity contribution < 1.29 is 19.4 Å². The quantitative estimate of drug-likeness (QED) is 0.697. The highest BCUT2D eigenvalue weighted by molar-refractivity contribution is 9.11. The fourth-order valence-corrected chi connectivity index (χ4v) is 3.22. The third kappa shape index (κ3) is 4.42. The van der Waals surface area contributed by atoms with E-state index < -0.39 is 12.1 Å². The number of urea groups is 1. The van der Waals surface area contributed by atoms with E-state index in [-0.39, 0.29) is 18.7 Å². The highest BCUT2D eigenvalue weighted by Gasteiger charge is 2.30. The molecule has 1 heterocycles. The summed E-state index contributed by atoms with van der Waals surface area (Å²) in [4.78, 5) is 22.6. The van der Waals surface area contributed by atoms with Gasteiger partial charge in [-0.1, -0.05) is 6.07 Å². The van der Waals surface area contributed by atoms with Gasteiger partial charge in [-0.2, -0.15) is 0 Å². The molecule has 0 bridgehead atoms. The molecule has 2 unspecified atom stereocenters. The van der Waals surface area contributed by atoms with Crippen molar-refractivity contribution >= 4 is 49.5 Å². The molecule has 3 N–H and O–H groups in total. The number of carboxylic acid groups (broad SMARTS) is 1. The van der Waals surface area contributed by atoms with Crippen molar-refractivity contribution in [2.45, 2.75) is 25.0 Å². The van der Waals surface area contributed by atoms with Gasteiger partial charge in [0.2, 0.25) is 0 Å². The van der Waals surface area contributed by atoms with E-state index >= 15 is 0 Å². The van der Waals surface area contributed by atoms with Gasteiger partial charge in [0.1, 0.15) is 0 Å². The molecule has 0 aliphatic carbocycles. The highest BCUT2D eigenvalue weighted by atomic mass is 79.9. The maximum atomic E-state index is 11.9. The van der Waals surface area contributed by atoms with Gasteiger partial charge < -0.3 is 20.5 Å². The van der Waals surface area contributed by atoms with E-state index in [0.29, 0.717) is 18.5 Å². The monoisotopic (exact) mass is 420 g/mol. The Bertz CT molecular complexity index is 533. The minimum absolute atomic E-state index is 0.264. The maximum absolute atomic E-state index is 11.9. The summed E-state index contributed by atoms with van der Waals surface area (Å²) in [6.07, 6.45) is 0.0616. The molecule has 1 aromatic carbocycles. The van der Waals surface area contributed by atoms with Crippen LogP contribution < -0.4 is 10.6 Å². The number of hydrogen-bond donors (Lipinski definition) is 3. The lowest BCUT2D eigenvalue weighted by atomic mass is 10.2. The molecule has 1 saturated heterocycles. The molecule has 6 nitrogen and oxygen atoms in total. The first-order chi connectivity index (χ1) is 9.97. The summed E-state index contributed by atoms with van der Waals surface area (Å²) in [6.45, 7) is 0.275. The maximum Gasteiger partial charge on any atom is 0.332 e. The van der Waals surface area contributed by atoms with Gasteiger partial charge >= 0.3 is 12.0 Å². The molecule has 21 heavy (non-hydrogen) atoms. The molecule has 1 aromatic rings. The third-order valence-electron chi connectivity index (χ3n) is 3.07. The topological polar surface area (TPSA) is 87.7 Å². The highest BCUT2D eigenvalue weighted by Crippen LogP contribution is 2.30. The lowest BCUT2D eigenvalue weighted by Gasteiger charge is -2.14. The molecule has 8 heteroatoms. The van der Waals surface area contributed by atoms with Gasteiger partial charge in [0.15, 0.2) is 6.10 Å². The first-order valence-corrected chi connectivity index (χ1v) is 7.93. The lowest BCUT2D eigenvalue weighted by molar-refractivity contribution is -0.149. The number of nitrogens with one attached hydrogen (secondary N) is 2. The van der Waals surface area contributed by atoms with E-state index in [2.05, 4.69) is 42.5 Å². The zero-order valence-corrected chi connectivity index (χ0v) is 14.1. The van der Waals surface area contributed by atoms with Crippen LogP contribution >= 0.6 is 31.9 Å². The van der Waals surface area contributed by atoms with E-state index in [1.807, 2.05) is 18.2 Å². The Labute approximate surface area is 138 Å². The van der Waals surface area contributed by atoms with Crippen LogP contribution in [0.3, 0.4) is 0 Å². The van der Waals surface area contributed by atoms with Crippen molar-refractivity contribution in [3.05, 3.63) is 27.1 Å². The smallest absolute Gasteiger partial charge is 0.332 e. The van der Waals surface area contributed by atoms with Crippen LogP contribution in [0.4, 0.5) is 10.5 Å². The molecule has 1 fully saturated rings. The zero-order chi connectivity index (χ0) is 15.4. The van der Waals surface area contributed by atoms with Crippen LogP contribution in [0.1, 0.15) is 12.8 Å². The number of benzene rings is 1. The van der Waals surface area contributed by atoms with Gasteiger partial charge in [-0.05, 0) is 56.8 Å². The number of rotatable bonds is 4. The molecule has 0 spiro atoms. The number of ether oxygens (including phenoxy) is 1. The predicted molar refractivity (Wildman–Crippen MR) is 84.4 cm³/mol. The molecular weight excluding hydrogens is 408 g/mol. The van der Waals surface area contributed by atoms with Crippen molar-refractivity contribution in [1.29, 1.82) is 0 Å². The van der Waals surface area contributed by atoms with E-state index in [1.54, 1.807) is 0 Å². The minimum atomic E-state index is -0.959. The Kier molecular flexibility index (Phi) is 5.60. The molecule has 0 radical (unpaired) electrons. The van der Waals surface area contributed by atoms with Crippen LogP contribution in [0.15, 0.2) is 27.1 Å². The number of carboxylic acids is 1. The van der Waals surface area contributed by atoms with Crippen LogP contribution in [0.25, 0.3) is 0 Å². The first-order valence-electron chi connectivity index (χ1n) is 6.34. The van der Waals surface area contributed by atoms with Crippen molar-refractivity contribution in [1.82, 2.24) is 5.32 Å². The first kappa shape index (κ1) is 16.3. The van der Waals surface area contributed by atoms with Crippen molar-refractivity contribution in [2.24, 2.45) is 0 Å². The van der Waals surface area contributed by atoms with Crippen molar-refractivity contribution in [2.75, 3.05) is 11.9 Å². The molecule has 0 aromatic heterocycles. The molecule has 1 aliphatic rings. The van der Waals surface area contributed by atoms with E-state index in [9.17, 15) is 9.59 Å². The number of carbonyl (C=O) groups excluding carboxylic acids is 1. The lowest BCUT2D eigenvalue weighted by Crippen LogP contribution is -2.36. The Hall–Kier alpha value is -1.12. The van der Waals surface area contributed by atoms with Crippen LogP contribution in [0, 0.1) is 0 Å². The number of amides is 2. The summed E-state index contributed by atoms with van der Waals surface area (Å²) in [5.41, 5.74) is 0.630. The summed E-state index contributed by atoms with van der Waals surface area (Å²) in [5, 5.41) is 14.2. The van der Waals surface area contributed by atoms with Gasteiger partial charge in [-0.15, -0.1) is 0 Å². The van der Waals surface area contributed by atoms with E-state index in [1.165, 1.54) is 0 Å². The second kappa shape index (κ2) is 7.24. The Morgan fingerprint density at radius 1 is 1.29 bits per heavy atom. The summed E-state index contributed by atoms with van der Waals surface area (Å²) >= 11 is 6.71. The zero-order valence-electron chi connectivity index (χ0n) is 10.9. The number of hydrogen-bond acceptors (Lipinski definition) is 3. The fourth-order valence-electron chi connectivity index (χ4n) is 2.02. The average molecular weight is 422 g/mol. The Morgan fingerprint density at radius 3 is 2.52 bits per heavy atom. The van der Waals surface area contributed by atoms with Gasteiger partial charge in [-0.3, -0.25) is 0 Å². The summed E-state index contributed by atoms with van der Waals surface area (Å²) in [6, 6.07) is 5.11. The molecule has 0 saturated carbocycles. The van der Waals surface area contributed by atoms with E-state index in [0.717, 1.165) is 8.95 Å². The van der Waals surface area contributed by atoms with Gasteiger partial charge in [0, 0.05) is 15.5 Å². The van der Waals surface area contributed by atoms with Crippen LogP contribution in [0.5, 0.6) is 0 Å². The number of halogens is 2. The minimum Gasteiger partial charge on any atom is -0.479 e. The molecular formula is C13H14Br2N2O4. The number of aliphatic carboxylic acids is 1. The number of para-hydroxylation sites is 1. The summed E-state index contributed by atoms with van der Waals surface area (Å²) in [7, 11) is 0. The van der Waals surface area contributed by atoms with Crippen LogP contribution in [-0.2, 0) is 9.53 Å². The normalized spacial score (nSPS) is 21.0. The summed E-state index contributed by atoms with van der Waals surface area (Å²) in [5.74, 6) is -0.959. The van der Waals surface area contributed by atoms with E-state index in [4.69, 9.17) is 9.84 Å². The SMILES string of the molecule is O=C(NCC1CCC(C(=O)O)O1)Nc1c(Br)cccc1Br. The molecule has 2 rings (SSSR count). The molecule has 1 aliphatic heterocycles. The predicted octanol–water partition coefficient (Wildman–Crippen LogP) is 2.97. The Balaban J connectivity index is 1.82. The van der Waals surface area contributed by atoms with Gasteiger partial charge in [-0.25, -0.2) is 9.59 Å². The van der Waals surface area contributed by atoms with Crippen LogP contribution in [0.2, 0.25) is 0 Å². The largest absolute Gasteiger partial charge is 0.479 e. The average Bonchev–Trinajstić information content (AvgIpc) is 2.90. The fraction of sp³-hybridized carbons (Fsp3) is 0.385. The van der Waals surface area contributed by atoms with Crippen molar-refractivity contribution in [3.8, 4) is 0 Å². The van der Waals surface area contributed by atoms with Crippen molar-refractivity contribution in [3.63, 3.8) is 0 Å². The standard InChI is InChI=1S/C13H14Br2N2O4/c14-8-2-1-3-9(15)11(8)17-13(20)16-6-7-4-5-10(21-7)12(18)19/h1-3,7,10H,4-6H2,(H,18,19)(H2,16,17,20).